The lowest BCUT2D eigenvalue weighted by atomic mass is 10.1. The molecule has 0 bridgehead atoms. The van der Waals surface area contributed by atoms with Gasteiger partial charge in [0.1, 0.15) is 0 Å². The van der Waals surface area contributed by atoms with Crippen LogP contribution in [0.5, 0.6) is 5.88 Å². The molecular weight excluding hydrogens is 415 g/mol. The van der Waals surface area contributed by atoms with Crippen molar-refractivity contribution < 1.29 is 27.2 Å². The van der Waals surface area contributed by atoms with Crippen molar-refractivity contribution in [1.82, 2.24) is 20.1 Å². The van der Waals surface area contributed by atoms with Crippen LogP contribution in [0.1, 0.15) is 24.1 Å². The third-order valence-electron chi connectivity index (χ3n) is 4.66. The second kappa shape index (κ2) is 8.88. The number of rotatable bonds is 6. The Morgan fingerprint density at radius 3 is 2.65 bits per heavy atom. The van der Waals surface area contributed by atoms with Crippen LogP contribution in [0.25, 0.3) is 11.4 Å². The summed E-state index contributed by atoms with van der Waals surface area (Å²) in [5, 5.41) is 3.76. The fourth-order valence-corrected chi connectivity index (χ4v) is 3.02. The molecule has 11 heteroatoms. The maximum atomic E-state index is 12.9. The number of halogens is 3. The van der Waals surface area contributed by atoms with Gasteiger partial charge in [-0.1, -0.05) is 24.2 Å². The smallest absolute Gasteiger partial charge is 0.416 e. The Kier molecular flexibility index (Phi) is 6.03. The van der Waals surface area contributed by atoms with E-state index in [0.29, 0.717) is 44.6 Å². The van der Waals surface area contributed by atoms with Crippen molar-refractivity contribution >= 4 is 5.95 Å². The van der Waals surface area contributed by atoms with Crippen LogP contribution < -0.4 is 9.64 Å². The van der Waals surface area contributed by atoms with E-state index < -0.39 is 11.7 Å². The summed E-state index contributed by atoms with van der Waals surface area (Å²) < 4.78 is 55.0. The highest BCUT2D eigenvalue weighted by molar-refractivity contribution is 5.55. The van der Waals surface area contributed by atoms with Gasteiger partial charge in [0.05, 0.1) is 18.8 Å². The average Bonchev–Trinajstić information content (AvgIpc) is 3.27. The molecule has 0 N–H and O–H groups in total. The number of hydrogen-bond donors (Lipinski definition) is 0. The predicted octanol–water partition coefficient (Wildman–Crippen LogP) is 3.52. The monoisotopic (exact) mass is 435 g/mol. The highest BCUT2D eigenvalue weighted by atomic mass is 19.4. The first-order chi connectivity index (χ1) is 14.9. The number of nitrogens with zero attached hydrogens (tertiary/aromatic N) is 5. The van der Waals surface area contributed by atoms with Gasteiger partial charge < -0.3 is 18.9 Å². The third kappa shape index (κ3) is 5.10. The van der Waals surface area contributed by atoms with E-state index in [9.17, 15) is 13.2 Å². The van der Waals surface area contributed by atoms with Gasteiger partial charge in [-0.2, -0.15) is 23.1 Å². The molecule has 31 heavy (non-hydrogen) atoms. The summed E-state index contributed by atoms with van der Waals surface area (Å²) >= 11 is 0. The highest BCUT2D eigenvalue weighted by Crippen LogP contribution is 2.31. The molecule has 2 aromatic heterocycles. The Morgan fingerprint density at radius 2 is 1.90 bits per heavy atom. The Bertz CT molecular complexity index is 1030. The SMILES string of the molecule is CCc1cc(OCc2nc(-c3cccc(C(F)(F)F)c3)no2)nc(N2CCOCC2)n1. The Balaban J connectivity index is 1.47. The van der Waals surface area contributed by atoms with Gasteiger partial charge in [0.2, 0.25) is 17.7 Å². The first-order valence-corrected chi connectivity index (χ1v) is 9.76. The van der Waals surface area contributed by atoms with Gasteiger partial charge in [-0.3, -0.25) is 0 Å². The molecule has 0 spiro atoms. The lowest BCUT2D eigenvalue weighted by Crippen LogP contribution is -2.37. The second-order valence-electron chi connectivity index (χ2n) is 6.83. The largest absolute Gasteiger partial charge is 0.467 e. The van der Waals surface area contributed by atoms with E-state index in [0.717, 1.165) is 17.8 Å². The van der Waals surface area contributed by atoms with Crippen LogP contribution in [0.15, 0.2) is 34.9 Å². The van der Waals surface area contributed by atoms with Crippen molar-refractivity contribution in [3.8, 4) is 17.3 Å². The molecule has 0 saturated carbocycles. The molecule has 0 amide bonds. The first-order valence-electron chi connectivity index (χ1n) is 9.76. The number of hydrogen-bond acceptors (Lipinski definition) is 8. The fourth-order valence-electron chi connectivity index (χ4n) is 3.02. The number of benzene rings is 1. The van der Waals surface area contributed by atoms with Gasteiger partial charge in [-0.25, -0.2) is 4.98 Å². The normalized spacial score (nSPS) is 14.6. The van der Waals surface area contributed by atoms with E-state index in [1.165, 1.54) is 12.1 Å². The molecule has 0 radical (unpaired) electrons. The number of ether oxygens (including phenoxy) is 2. The van der Waals surface area contributed by atoms with Crippen molar-refractivity contribution in [3.63, 3.8) is 0 Å². The Labute approximate surface area is 176 Å². The van der Waals surface area contributed by atoms with Gasteiger partial charge in [0, 0.05) is 30.4 Å². The molecule has 164 valence electrons. The average molecular weight is 435 g/mol. The number of anilines is 1. The van der Waals surface area contributed by atoms with E-state index in [-0.39, 0.29) is 23.9 Å². The second-order valence-corrected chi connectivity index (χ2v) is 6.83. The summed E-state index contributed by atoms with van der Waals surface area (Å²) in [4.78, 5) is 15.1. The summed E-state index contributed by atoms with van der Waals surface area (Å²) in [5.74, 6) is 1.09. The lowest BCUT2D eigenvalue weighted by molar-refractivity contribution is -0.137. The molecular formula is C20H20F3N5O3. The molecule has 0 unspecified atom stereocenters. The molecule has 0 aliphatic carbocycles. The minimum atomic E-state index is -4.45. The zero-order chi connectivity index (χ0) is 21.8. The molecule has 1 saturated heterocycles. The zero-order valence-corrected chi connectivity index (χ0v) is 16.7. The minimum absolute atomic E-state index is 0.0515. The van der Waals surface area contributed by atoms with E-state index in [1.54, 1.807) is 6.07 Å². The zero-order valence-electron chi connectivity index (χ0n) is 16.7. The van der Waals surface area contributed by atoms with Crippen molar-refractivity contribution in [2.75, 3.05) is 31.2 Å². The topological polar surface area (TPSA) is 86.4 Å². The van der Waals surface area contributed by atoms with Gasteiger partial charge in [-0.15, -0.1) is 0 Å². The van der Waals surface area contributed by atoms with Crippen molar-refractivity contribution in [2.24, 2.45) is 0 Å². The summed E-state index contributed by atoms with van der Waals surface area (Å²) in [7, 11) is 0. The summed E-state index contributed by atoms with van der Waals surface area (Å²) in [6.45, 7) is 4.50. The molecule has 1 aromatic carbocycles. The minimum Gasteiger partial charge on any atom is -0.467 e. The van der Waals surface area contributed by atoms with E-state index in [4.69, 9.17) is 14.0 Å². The molecule has 3 aromatic rings. The molecule has 1 aliphatic rings. The maximum absolute atomic E-state index is 12.9. The van der Waals surface area contributed by atoms with Crippen LogP contribution in [0.4, 0.5) is 19.1 Å². The first kappa shape index (κ1) is 21.0. The molecule has 1 aliphatic heterocycles. The predicted molar refractivity (Wildman–Crippen MR) is 104 cm³/mol. The third-order valence-corrected chi connectivity index (χ3v) is 4.66. The van der Waals surface area contributed by atoms with Crippen molar-refractivity contribution in [2.45, 2.75) is 26.1 Å². The molecule has 1 fully saturated rings. The lowest BCUT2D eigenvalue weighted by Gasteiger charge is -2.27. The van der Waals surface area contributed by atoms with Crippen molar-refractivity contribution in [3.05, 3.63) is 47.5 Å². The van der Waals surface area contributed by atoms with E-state index in [1.807, 2.05) is 11.8 Å². The van der Waals surface area contributed by atoms with Gasteiger partial charge in [-0.05, 0) is 18.6 Å². The molecule has 0 atom stereocenters. The standard InChI is InChI=1S/C20H20F3N5O3/c1-2-15-11-16(26-19(24-15)28-6-8-29-9-7-28)30-12-17-25-18(27-31-17)13-4-3-5-14(10-13)20(21,22)23/h3-5,10-11H,2,6-9,12H2,1H3. The summed E-state index contributed by atoms with van der Waals surface area (Å²) in [5.41, 5.74) is 0.243. The summed E-state index contributed by atoms with van der Waals surface area (Å²) in [6, 6.07) is 6.47. The number of aryl methyl sites for hydroxylation is 1. The quantitative estimate of drug-likeness (QED) is 0.581. The van der Waals surface area contributed by atoms with Crippen LogP contribution >= 0.6 is 0 Å². The van der Waals surface area contributed by atoms with Crippen LogP contribution in [-0.4, -0.2) is 46.4 Å². The number of morpholine rings is 1. The van der Waals surface area contributed by atoms with Crippen LogP contribution in [0.3, 0.4) is 0 Å². The van der Waals surface area contributed by atoms with Gasteiger partial charge in [0.15, 0.2) is 6.61 Å². The van der Waals surface area contributed by atoms with Crippen LogP contribution in [0, 0.1) is 0 Å². The Morgan fingerprint density at radius 1 is 1.10 bits per heavy atom. The van der Waals surface area contributed by atoms with Gasteiger partial charge in [0.25, 0.3) is 5.89 Å². The Hall–Kier alpha value is -3.21. The fraction of sp³-hybridized carbons (Fsp3) is 0.400. The van der Waals surface area contributed by atoms with E-state index >= 15 is 0 Å². The highest BCUT2D eigenvalue weighted by Gasteiger charge is 2.30. The number of aromatic nitrogens is 4. The van der Waals surface area contributed by atoms with Gasteiger partial charge >= 0.3 is 6.18 Å². The van der Waals surface area contributed by atoms with Crippen molar-refractivity contribution in [1.29, 1.82) is 0 Å². The maximum Gasteiger partial charge on any atom is 0.416 e. The van der Waals surface area contributed by atoms with Crippen LogP contribution in [0.2, 0.25) is 0 Å². The molecule has 8 nitrogen and oxygen atoms in total. The van der Waals surface area contributed by atoms with Crippen LogP contribution in [-0.2, 0) is 23.9 Å². The molecule has 4 rings (SSSR count). The number of alkyl halides is 3. The summed E-state index contributed by atoms with van der Waals surface area (Å²) in [6.07, 6.45) is -3.75. The van der Waals surface area contributed by atoms with E-state index in [2.05, 4.69) is 20.1 Å². The molecule has 3 heterocycles.